The zero-order valence-corrected chi connectivity index (χ0v) is 9.42. The molecular weight excluding hydrogens is 162 g/mol. The van der Waals surface area contributed by atoms with Crippen molar-refractivity contribution in [3.63, 3.8) is 0 Å². The van der Waals surface area contributed by atoms with Crippen LogP contribution in [0.1, 0.15) is 46.5 Å². The van der Waals surface area contributed by atoms with E-state index < -0.39 is 0 Å². The van der Waals surface area contributed by atoms with E-state index in [1.807, 2.05) is 0 Å². The Balaban J connectivity index is 3.45. The van der Waals surface area contributed by atoms with E-state index in [9.17, 15) is 0 Å². The Labute approximate surface area is 82.9 Å². The van der Waals surface area contributed by atoms with Gasteiger partial charge in [-0.2, -0.15) is 0 Å². The van der Waals surface area contributed by atoms with Crippen LogP contribution >= 0.6 is 0 Å². The van der Waals surface area contributed by atoms with Gasteiger partial charge in [0.2, 0.25) is 0 Å². The molecule has 0 aliphatic rings. The van der Waals surface area contributed by atoms with Crippen LogP contribution in [0.5, 0.6) is 0 Å². The molecule has 0 saturated heterocycles. The topological polar surface area (TPSA) is 23.5 Å². The summed E-state index contributed by atoms with van der Waals surface area (Å²) in [6, 6.07) is 0.661. The maximum Gasteiger partial charge on any atom is 0.0431 e. The number of unbranched alkanes of at least 4 members (excludes halogenated alkanes) is 2. The number of rotatable bonds is 8. The number of hydrogen-bond donors (Lipinski definition) is 1. The Bertz CT molecular complexity index is 104. The lowest BCUT2D eigenvalue weighted by molar-refractivity contribution is 0.212. The van der Waals surface area contributed by atoms with Crippen molar-refractivity contribution in [2.24, 2.45) is 0 Å². The van der Waals surface area contributed by atoms with Crippen molar-refractivity contribution in [2.75, 3.05) is 19.7 Å². The number of nitrogens with zero attached hydrogens (tertiary/aromatic N) is 1. The van der Waals surface area contributed by atoms with E-state index in [-0.39, 0.29) is 0 Å². The first-order valence-electron chi connectivity index (χ1n) is 5.57. The molecule has 0 aliphatic carbocycles. The summed E-state index contributed by atoms with van der Waals surface area (Å²) in [5.41, 5.74) is 0. The molecule has 0 aromatic carbocycles. The van der Waals surface area contributed by atoms with Crippen LogP contribution < -0.4 is 0 Å². The summed E-state index contributed by atoms with van der Waals surface area (Å²) in [5, 5.41) is 8.63. The molecule has 0 aromatic rings. The SMILES string of the molecule is CCCN(CCCCCO)C(C)C. The lowest BCUT2D eigenvalue weighted by Gasteiger charge is -2.25. The monoisotopic (exact) mass is 187 g/mol. The van der Waals surface area contributed by atoms with Gasteiger partial charge < -0.3 is 10.0 Å². The molecule has 0 radical (unpaired) electrons. The van der Waals surface area contributed by atoms with E-state index in [0.717, 1.165) is 12.8 Å². The van der Waals surface area contributed by atoms with E-state index in [2.05, 4.69) is 25.7 Å². The fourth-order valence-corrected chi connectivity index (χ4v) is 1.52. The average molecular weight is 187 g/mol. The molecule has 0 atom stereocenters. The van der Waals surface area contributed by atoms with Crippen LogP contribution in [-0.4, -0.2) is 35.7 Å². The molecule has 1 N–H and O–H groups in total. The van der Waals surface area contributed by atoms with Crippen LogP contribution in [0.3, 0.4) is 0 Å². The first-order valence-corrected chi connectivity index (χ1v) is 5.57. The van der Waals surface area contributed by atoms with E-state index in [1.165, 1.54) is 25.9 Å². The van der Waals surface area contributed by atoms with Crippen molar-refractivity contribution < 1.29 is 5.11 Å². The van der Waals surface area contributed by atoms with Crippen molar-refractivity contribution in [3.8, 4) is 0 Å². The largest absolute Gasteiger partial charge is 0.396 e. The highest BCUT2D eigenvalue weighted by Gasteiger charge is 2.06. The van der Waals surface area contributed by atoms with Gasteiger partial charge in [0.05, 0.1) is 0 Å². The summed E-state index contributed by atoms with van der Waals surface area (Å²) < 4.78 is 0. The molecule has 80 valence electrons. The first-order chi connectivity index (χ1) is 6.22. The molecule has 0 unspecified atom stereocenters. The highest BCUT2D eigenvalue weighted by Crippen LogP contribution is 2.03. The third-order valence-electron chi connectivity index (χ3n) is 2.34. The second-order valence-corrected chi connectivity index (χ2v) is 3.91. The summed E-state index contributed by atoms with van der Waals surface area (Å²) in [4.78, 5) is 2.51. The minimum Gasteiger partial charge on any atom is -0.396 e. The predicted octanol–water partition coefficient (Wildman–Crippen LogP) is 2.27. The maximum atomic E-state index is 8.63. The first kappa shape index (κ1) is 12.9. The molecule has 0 rings (SSSR count). The summed E-state index contributed by atoms with van der Waals surface area (Å²) in [7, 11) is 0. The van der Waals surface area contributed by atoms with Crippen LogP contribution in [0.4, 0.5) is 0 Å². The Kier molecular flexibility index (Phi) is 8.46. The van der Waals surface area contributed by atoms with E-state index in [0.29, 0.717) is 12.6 Å². The standard InChI is InChI=1S/C11H25NO/c1-4-8-12(11(2)3)9-6-5-7-10-13/h11,13H,4-10H2,1-3H3. The number of aliphatic hydroxyl groups is 1. The molecule has 0 amide bonds. The van der Waals surface area contributed by atoms with Crippen molar-refractivity contribution in [1.29, 1.82) is 0 Å². The highest BCUT2D eigenvalue weighted by molar-refractivity contribution is 4.61. The molecule has 0 heterocycles. The normalized spacial score (nSPS) is 11.5. The van der Waals surface area contributed by atoms with Crippen LogP contribution in [0.2, 0.25) is 0 Å². The second-order valence-electron chi connectivity index (χ2n) is 3.91. The molecule has 2 heteroatoms. The van der Waals surface area contributed by atoms with Crippen molar-refractivity contribution in [1.82, 2.24) is 4.90 Å². The van der Waals surface area contributed by atoms with Crippen LogP contribution in [0.25, 0.3) is 0 Å². The van der Waals surface area contributed by atoms with Gasteiger partial charge in [-0.15, -0.1) is 0 Å². The van der Waals surface area contributed by atoms with Gasteiger partial charge in [0.15, 0.2) is 0 Å². The Hall–Kier alpha value is -0.0800. The van der Waals surface area contributed by atoms with Crippen LogP contribution in [0.15, 0.2) is 0 Å². The minimum absolute atomic E-state index is 0.343. The van der Waals surface area contributed by atoms with Gasteiger partial charge in [0.25, 0.3) is 0 Å². The van der Waals surface area contributed by atoms with Gasteiger partial charge in [-0.25, -0.2) is 0 Å². The lowest BCUT2D eigenvalue weighted by atomic mass is 10.2. The molecular formula is C11H25NO. The van der Waals surface area contributed by atoms with E-state index in [1.54, 1.807) is 0 Å². The zero-order chi connectivity index (χ0) is 10.1. The van der Waals surface area contributed by atoms with E-state index >= 15 is 0 Å². The fourth-order valence-electron chi connectivity index (χ4n) is 1.52. The molecule has 0 aromatic heterocycles. The quantitative estimate of drug-likeness (QED) is 0.589. The van der Waals surface area contributed by atoms with Gasteiger partial charge in [-0.3, -0.25) is 0 Å². The molecule has 0 fully saturated rings. The van der Waals surface area contributed by atoms with Crippen LogP contribution in [0, 0.1) is 0 Å². The molecule has 0 saturated carbocycles. The third-order valence-corrected chi connectivity index (χ3v) is 2.34. The van der Waals surface area contributed by atoms with Gasteiger partial charge in [0.1, 0.15) is 0 Å². The molecule has 2 nitrogen and oxygen atoms in total. The van der Waals surface area contributed by atoms with Crippen molar-refractivity contribution >= 4 is 0 Å². The summed E-state index contributed by atoms with van der Waals surface area (Å²) in [6.07, 6.45) is 4.57. The molecule has 0 aliphatic heterocycles. The predicted molar refractivity (Wildman–Crippen MR) is 57.9 cm³/mol. The van der Waals surface area contributed by atoms with Crippen LogP contribution in [-0.2, 0) is 0 Å². The zero-order valence-electron chi connectivity index (χ0n) is 9.42. The van der Waals surface area contributed by atoms with Crippen molar-refractivity contribution in [2.45, 2.75) is 52.5 Å². The number of aliphatic hydroxyl groups excluding tert-OH is 1. The fraction of sp³-hybridized carbons (Fsp3) is 1.00. The van der Waals surface area contributed by atoms with Gasteiger partial charge in [0, 0.05) is 12.6 Å². The Morgan fingerprint density at radius 2 is 1.77 bits per heavy atom. The highest BCUT2D eigenvalue weighted by atomic mass is 16.2. The smallest absolute Gasteiger partial charge is 0.0431 e. The van der Waals surface area contributed by atoms with E-state index in [4.69, 9.17) is 5.11 Å². The summed E-state index contributed by atoms with van der Waals surface area (Å²) in [6.45, 7) is 9.46. The second kappa shape index (κ2) is 8.52. The van der Waals surface area contributed by atoms with Gasteiger partial charge >= 0.3 is 0 Å². The Morgan fingerprint density at radius 1 is 1.08 bits per heavy atom. The Morgan fingerprint density at radius 3 is 2.23 bits per heavy atom. The third kappa shape index (κ3) is 7.03. The minimum atomic E-state index is 0.343. The molecule has 0 spiro atoms. The van der Waals surface area contributed by atoms with Crippen molar-refractivity contribution in [3.05, 3.63) is 0 Å². The summed E-state index contributed by atoms with van der Waals surface area (Å²) in [5.74, 6) is 0. The average Bonchev–Trinajstić information content (AvgIpc) is 2.10. The lowest BCUT2D eigenvalue weighted by Crippen LogP contribution is -2.32. The maximum absolute atomic E-state index is 8.63. The van der Waals surface area contributed by atoms with Gasteiger partial charge in [-0.1, -0.05) is 6.92 Å². The van der Waals surface area contributed by atoms with Gasteiger partial charge in [-0.05, 0) is 52.6 Å². The summed E-state index contributed by atoms with van der Waals surface area (Å²) >= 11 is 0. The molecule has 0 bridgehead atoms. The number of hydrogen-bond acceptors (Lipinski definition) is 2. The molecule has 13 heavy (non-hydrogen) atoms.